The smallest absolute Gasteiger partial charge is 0.330 e. The van der Waals surface area contributed by atoms with Gasteiger partial charge in [0.1, 0.15) is 11.6 Å². The van der Waals surface area contributed by atoms with E-state index in [2.05, 4.69) is 5.32 Å². The predicted molar refractivity (Wildman–Crippen MR) is 154 cm³/mol. The fourth-order valence-electron chi connectivity index (χ4n) is 5.96. The number of aryl methyl sites for hydroxylation is 1. The van der Waals surface area contributed by atoms with Crippen molar-refractivity contribution in [2.24, 2.45) is 13.0 Å². The number of aromatic nitrogens is 1. The maximum absolute atomic E-state index is 16.5. The fourth-order valence-corrected chi connectivity index (χ4v) is 6.19. The van der Waals surface area contributed by atoms with Crippen LogP contribution in [-0.4, -0.2) is 59.4 Å². The Balaban J connectivity index is 1.31. The largest absolute Gasteiger partial charge is 0.469 e. The van der Waals surface area contributed by atoms with Crippen LogP contribution >= 0.6 is 11.6 Å². The SMILES string of the molecule is COC(=O)C1CCC(OC(F)(C(=O)Cc2cc(Cl)c(NC(=O)c3cn(C)c4ccc(F)cc34)cc2F)N2CCCC2)CC1. The molecule has 1 saturated heterocycles. The molecule has 2 aromatic carbocycles. The number of esters is 1. The zero-order chi connectivity index (χ0) is 30.9. The first-order valence-corrected chi connectivity index (χ1v) is 14.6. The van der Waals surface area contributed by atoms with Gasteiger partial charge in [0.05, 0.1) is 35.4 Å². The molecule has 8 nitrogen and oxygen atoms in total. The molecule has 0 radical (unpaired) electrons. The number of hydrogen-bond donors (Lipinski definition) is 1. The molecule has 1 atom stereocenters. The summed E-state index contributed by atoms with van der Waals surface area (Å²) in [4.78, 5) is 39.7. The van der Waals surface area contributed by atoms with Gasteiger partial charge < -0.3 is 19.4 Å². The molecular formula is C31H33ClF3N3O5. The summed E-state index contributed by atoms with van der Waals surface area (Å²) in [5.41, 5.74) is 0.584. The number of carbonyl (C=O) groups excluding carboxylic acids is 3. The Morgan fingerprint density at radius 3 is 2.44 bits per heavy atom. The topological polar surface area (TPSA) is 89.9 Å². The lowest BCUT2D eigenvalue weighted by Gasteiger charge is -2.37. The summed E-state index contributed by atoms with van der Waals surface area (Å²) in [7, 11) is 3.03. The van der Waals surface area contributed by atoms with Gasteiger partial charge in [0.25, 0.3) is 5.91 Å². The highest BCUT2D eigenvalue weighted by Crippen LogP contribution is 2.35. The second-order valence-corrected chi connectivity index (χ2v) is 11.6. The molecule has 1 unspecified atom stereocenters. The van der Waals surface area contributed by atoms with Crippen molar-refractivity contribution in [1.82, 2.24) is 9.47 Å². The van der Waals surface area contributed by atoms with Gasteiger partial charge in [0.15, 0.2) is 0 Å². The van der Waals surface area contributed by atoms with Crippen LogP contribution in [0, 0.1) is 17.6 Å². The molecule has 0 bridgehead atoms. The monoisotopic (exact) mass is 619 g/mol. The number of nitrogens with one attached hydrogen (secondary N) is 1. The van der Waals surface area contributed by atoms with Gasteiger partial charge in [-0.1, -0.05) is 11.6 Å². The van der Waals surface area contributed by atoms with Crippen LogP contribution in [0.25, 0.3) is 10.9 Å². The van der Waals surface area contributed by atoms with Gasteiger partial charge in [-0.15, -0.1) is 0 Å². The van der Waals surface area contributed by atoms with Crippen molar-refractivity contribution in [3.63, 3.8) is 0 Å². The first-order valence-electron chi connectivity index (χ1n) is 14.3. The van der Waals surface area contributed by atoms with Crippen LogP contribution in [0.2, 0.25) is 5.02 Å². The molecule has 2 fully saturated rings. The van der Waals surface area contributed by atoms with Crippen molar-refractivity contribution < 1.29 is 37.0 Å². The summed E-state index contributed by atoms with van der Waals surface area (Å²) in [5, 5.41) is 2.86. The van der Waals surface area contributed by atoms with Crippen LogP contribution in [-0.2, 0) is 32.5 Å². The molecule has 230 valence electrons. The van der Waals surface area contributed by atoms with E-state index in [4.69, 9.17) is 21.1 Å². The minimum Gasteiger partial charge on any atom is -0.469 e. The maximum atomic E-state index is 16.5. The maximum Gasteiger partial charge on any atom is 0.330 e. The third-order valence-corrected chi connectivity index (χ3v) is 8.63. The minimum absolute atomic E-state index is 0.0570. The Morgan fingerprint density at radius 2 is 1.77 bits per heavy atom. The number of likely N-dealkylation sites (tertiary alicyclic amines) is 1. The molecule has 1 aliphatic carbocycles. The number of amides is 1. The summed E-state index contributed by atoms with van der Waals surface area (Å²) >= 11 is 6.38. The number of fused-ring (bicyclic) bond motifs is 1. The molecular weight excluding hydrogens is 587 g/mol. The Morgan fingerprint density at radius 1 is 1.07 bits per heavy atom. The molecule has 1 aliphatic heterocycles. The van der Waals surface area contributed by atoms with E-state index in [9.17, 15) is 18.8 Å². The third kappa shape index (κ3) is 6.44. The number of Topliss-reactive ketones (excluding diaryl/α,β-unsaturated/α-hetero) is 1. The van der Waals surface area contributed by atoms with Crippen molar-refractivity contribution in [2.45, 2.75) is 57.0 Å². The fraction of sp³-hybridized carbons (Fsp3) is 0.452. The average molecular weight is 620 g/mol. The van der Waals surface area contributed by atoms with Crippen LogP contribution < -0.4 is 5.32 Å². The zero-order valence-corrected chi connectivity index (χ0v) is 24.7. The second-order valence-electron chi connectivity index (χ2n) is 11.2. The third-order valence-electron chi connectivity index (χ3n) is 8.32. The number of hydrogen-bond acceptors (Lipinski definition) is 6. The van der Waals surface area contributed by atoms with Gasteiger partial charge in [-0.25, -0.2) is 13.7 Å². The van der Waals surface area contributed by atoms with Gasteiger partial charge in [-0.2, -0.15) is 4.39 Å². The predicted octanol–water partition coefficient (Wildman–Crippen LogP) is 5.94. The van der Waals surface area contributed by atoms with Gasteiger partial charge in [-0.3, -0.25) is 14.4 Å². The highest BCUT2D eigenvalue weighted by molar-refractivity contribution is 6.34. The number of benzene rings is 2. The molecule has 1 amide bonds. The number of methoxy groups -OCH3 is 1. The van der Waals surface area contributed by atoms with E-state index in [0.717, 1.165) is 6.07 Å². The summed E-state index contributed by atoms with van der Waals surface area (Å²) in [6, 6.07) is 6.22. The van der Waals surface area contributed by atoms with Crippen molar-refractivity contribution in [3.8, 4) is 0 Å². The number of rotatable bonds is 9. The molecule has 5 rings (SSSR count). The van der Waals surface area contributed by atoms with Crippen molar-refractivity contribution >= 4 is 45.9 Å². The Bertz CT molecular complexity index is 1550. The van der Waals surface area contributed by atoms with E-state index >= 15 is 8.78 Å². The van der Waals surface area contributed by atoms with Crippen LogP contribution in [0.3, 0.4) is 0 Å². The molecule has 3 aromatic rings. The molecule has 2 heterocycles. The first kappa shape index (κ1) is 31.0. The number of carbonyl (C=O) groups is 3. The second kappa shape index (κ2) is 12.7. The normalized spacial score (nSPS) is 20.6. The highest BCUT2D eigenvalue weighted by Gasteiger charge is 2.49. The molecule has 43 heavy (non-hydrogen) atoms. The average Bonchev–Trinajstić information content (AvgIpc) is 3.64. The van der Waals surface area contributed by atoms with Crippen molar-refractivity contribution in [3.05, 3.63) is 64.3 Å². The number of halogens is 4. The van der Waals surface area contributed by atoms with Crippen LogP contribution in [0.4, 0.5) is 18.9 Å². The van der Waals surface area contributed by atoms with Crippen molar-refractivity contribution in [2.75, 3.05) is 25.5 Å². The van der Waals surface area contributed by atoms with E-state index < -0.39 is 41.8 Å². The van der Waals surface area contributed by atoms with E-state index in [0.29, 0.717) is 62.5 Å². The molecule has 2 aliphatic rings. The number of alkyl halides is 1. The van der Waals surface area contributed by atoms with E-state index in [1.807, 2.05) is 0 Å². The van der Waals surface area contributed by atoms with Crippen LogP contribution in [0.5, 0.6) is 0 Å². The molecule has 1 N–H and O–H groups in total. The standard InChI is InChI=1S/C31H33ClF3N3O5/c1-37-17-23(22-15-20(33)7-10-27(22)37)29(40)36-26-16-25(34)19(13-24(26)32)14-28(39)31(35,38-11-3-4-12-38)43-21-8-5-18(6-9-21)30(41)42-2/h7,10,13,15-18,21H,3-6,8-9,11-12,14H2,1-2H3,(H,36,40). The van der Waals surface area contributed by atoms with E-state index in [1.165, 1.54) is 36.4 Å². The molecule has 1 aromatic heterocycles. The van der Waals surface area contributed by atoms with Gasteiger partial charge in [0.2, 0.25) is 5.78 Å². The van der Waals surface area contributed by atoms with E-state index in [-0.39, 0.29) is 33.7 Å². The number of ether oxygens (including phenoxy) is 2. The Kier molecular flexibility index (Phi) is 9.15. The quantitative estimate of drug-likeness (QED) is 0.236. The summed E-state index contributed by atoms with van der Waals surface area (Å²) in [6.45, 7) is 0.623. The highest BCUT2D eigenvalue weighted by atomic mass is 35.5. The summed E-state index contributed by atoms with van der Waals surface area (Å²) in [5.74, 6) is -6.35. The number of anilines is 1. The summed E-state index contributed by atoms with van der Waals surface area (Å²) in [6.07, 6.45) is 3.34. The lowest BCUT2D eigenvalue weighted by Crippen LogP contribution is -2.54. The van der Waals surface area contributed by atoms with Crippen molar-refractivity contribution in [1.29, 1.82) is 0 Å². The Hall–Kier alpha value is -3.41. The van der Waals surface area contributed by atoms with Gasteiger partial charge in [0, 0.05) is 43.7 Å². The zero-order valence-electron chi connectivity index (χ0n) is 23.9. The van der Waals surface area contributed by atoms with Gasteiger partial charge >= 0.3 is 11.9 Å². The summed E-state index contributed by atoms with van der Waals surface area (Å²) < 4.78 is 58.0. The molecule has 0 spiro atoms. The minimum atomic E-state index is -2.77. The lowest BCUT2D eigenvalue weighted by atomic mass is 9.87. The Labute approximate surface area is 252 Å². The van der Waals surface area contributed by atoms with Crippen LogP contribution in [0.1, 0.15) is 54.4 Å². The number of ketones is 1. The van der Waals surface area contributed by atoms with Crippen LogP contribution in [0.15, 0.2) is 36.5 Å². The van der Waals surface area contributed by atoms with Gasteiger partial charge in [-0.05, 0) is 74.4 Å². The molecule has 1 saturated carbocycles. The number of nitrogens with zero attached hydrogens (tertiary/aromatic N) is 2. The lowest BCUT2D eigenvalue weighted by molar-refractivity contribution is -0.252. The van der Waals surface area contributed by atoms with E-state index in [1.54, 1.807) is 17.7 Å². The molecule has 12 heteroatoms. The first-order chi connectivity index (χ1) is 20.5.